The maximum Gasteiger partial charge on any atom is 0.242 e. The van der Waals surface area contributed by atoms with E-state index in [0.29, 0.717) is 17.7 Å². The molecule has 1 saturated heterocycles. The van der Waals surface area contributed by atoms with Gasteiger partial charge in [0, 0.05) is 6.04 Å². The van der Waals surface area contributed by atoms with Crippen LogP contribution < -0.4 is 16.2 Å². The van der Waals surface area contributed by atoms with Crippen LogP contribution in [0.3, 0.4) is 0 Å². The number of hydrogen-bond donors (Lipinski definition) is 3. The molecule has 5 nitrogen and oxygen atoms in total. The molecule has 116 valence electrons. The normalized spacial score (nSPS) is 20.0. The fourth-order valence-corrected chi connectivity index (χ4v) is 2.55. The number of carbonyl (C=O) groups is 1. The molecule has 1 amide bonds. The lowest BCUT2D eigenvalue weighted by Gasteiger charge is -2.11. The summed E-state index contributed by atoms with van der Waals surface area (Å²) in [5.74, 6) is -0.507. The number of hydrazine groups is 1. The number of rotatable bonds is 3. The van der Waals surface area contributed by atoms with Crippen molar-refractivity contribution in [3.63, 3.8) is 0 Å². The number of benzene rings is 2. The molecular formula is C17H15FN4O. The second-order valence-corrected chi connectivity index (χ2v) is 5.33. The van der Waals surface area contributed by atoms with Crippen LogP contribution in [0.1, 0.15) is 23.6 Å². The zero-order valence-corrected chi connectivity index (χ0v) is 12.2. The number of anilines is 1. The number of carbonyl (C=O) groups excluding carboxylic acids is 1. The molecule has 6 heteroatoms. The molecule has 1 aliphatic heterocycles. The van der Waals surface area contributed by atoms with E-state index in [-0.39, 0.29) is 17.8 Å². The predicted molar refractivity (Wildman–Crippen MR) is 83.6 cm³/mol. The first kappa shape index (κ1) is 15.2. The van der Waals surface area contributed by atoms with Gasteiger partial charge in [0.2, 0.25) is 5.91 Å². The Morgan fingerprint density at radius 3 is 2.65 bits per heavy atom. The van der Waals surface area contributed by atoms with Crippen LogP contribution in [-0.2, 0) is 4.79 Å². The fraction of sp³-hybridized carbons (Fsp3) is 0.176. The Kier molecular flexibility index (Phi) is 4.33. The van der Waals surface area contributed by atoms with Crippen molar-refractivity contribution in [1.29, 1.82) is 5.26 Å². The molecule has 1 aliphatic rings. The monoisotopic (exact) mass is 310 g/mol. The van der Waals surface area contributed by atoms with Crippen LogP contribution in [0.4, 0.5) is 10.1 Å². The first-order chi connectivity index (χ1) is 11.2. The number of nitriles is 1. The Morgan fingerprint density at radius 1 is 1.17 bits per heavy atom. The van der Waals surface area contributed by atoms with Crippen LogP contribution in [0.15, 0.2) is 48.5 Å². The van der Waals surface area contributed by atoms with Crippen molar-refractivity contribution in [2.24, 2.45) is 0 Å². The Balaban J connectivity index is 1.66. The Morgan fingerprint density at radius 2 is 1.91 bits per heavy atom. The lowest BCUT2D eigenvalue weighted by molar-refractivity contribution is -0.117. The van der Waals surface area contributed by atoms with Gasteiger partial charge < -0.3 is 5.32 Å². The number of hydrogen-bond acceptors (Lipinski definition) is 4. The predicted octanol–water partition coefficient (Wildman–Crippen LogP) is 2.24. The van der Waals surface area contributed by atoms with Crippen molar-refractivity contribution >= 4 is 11.6 Å². The van der Waals surface area contributed by atoms with Crippen LogP contribution in [0.2, 0.25) is 0 Å². The van der Waals surface area contributed by atoms with Crippen molar-refractivity contribution < 1.29 is 9.18 Å². The van der Waals surface area contributed by atoms with Crippen molar-refractivity contribution in [3.05, 3.63) is 65.5 Å². The van der Waals surface area contributed by atoms with Gasteiger partial charge in [0.05, 0.1) is 11.3 Å². The van der Waals surface area contributed by atoms with Gasteiger partial charge in [-0.25, -0.2) is 15.2 Å². The lowest BCUT2D eigenvalue weighted by atomic mass is 10.0. The minimum atomic E-state index is -0.434. The summed E-state index contributed by atoms with van der Waals surface area (Å²) in [6, 6.07) is 14.6. The van der Waals surface area contributed by atoms with Gasteiger partial charge in [-0.05, 0) is 36.2 Å². The van der Waals surface area contributed by atoms with Gasteiger partial charge in [0.25, 0.3) is 0 Å². The van der Waals surface area contributed by atoms with Crippen molar-refractivity contribution in [2.75, 3.05) is 5.32 Å². The molecule has 0 saturated carbocycles. The molecule has 2 atom stereocenters. The molecule has 0 aliphatic carbocycles. The topological polar surface area (TPSA) is 77.0 Å². The molecule has 3 rings (SSSR count). The van der Waals surface area contributed by atoms with Gasteiger partial charge in [-0.3, -0.25) is 4.79 Å². The van der Waals surface area contributed by atoms with E-state index in [0.717, 1.165) is 5.56 Å². The van der Waals surface area contributed by atoms with Crippen molar-refractivity contribution in [3.8, 4) is 6.07 Å². The standard InChI is InChI=1S/C17H15FN4O/c18-13-7-5-11(6-8-13)15-9-16(22-21-15)17(23)20-14-4-2-1-3-12(14)10-19/h1-8,15-16,21-22H,9H2,(H,20,23). The van der Waals surface area contributed by atoms with Gasteiger partial charge >= 0.3 is 0 Å². The number of amides is 1. The molecule has 1 fully saturated rings. The molecule has 0 bridgehead atoms. The van der Waals surface area contributed by atoms with Crippen LogP contribution in [0.25, 0.3) is 0 Å². The van der Waals surface area contributed by atoms with E-state index in [4.69, 9.17) is 5.26 Å². The van der Waals surface area contributed by atoms with Gasteiger partial charge in [0.15, 0.2) is 0 Å². The Bertz CT molecular complexity index is 754. The third-order valence-corrected chi connectivity index (χ3v) is 3.80. The molecule has 0 radical (unpaired) electrons. The first-order valence-electron chi connectivity index (χ1n) is 7.24. The van der Waals surface area contributed by atoms with E-state index in [2.05, 4.69) is 16.2 Å². The van der Waals surface area contributed by atoms with E-state index in [1.165, 1.54) is 12.1 Å². The highest BCUT2D eigenvalue weighted by molar-refractivity contribution is 5.96. The molecule has 3 N–H and O–H groups in total. The van der Waals surface area contributed by atoms with Crippen LogP contribution in [-0.4, -0.2) is 11.9 Å². The molecule has 1 heterocycles. The average molecular weight is 310 g/mol. The highest BCUT2D eigenvalue weighted by Crippen LogP contribution is 2.23. The summed E-state index contributed by atoms with van der Waals surface area (Å²) >= 11 is 0. The van der Waals surface area contributed by atoms with E-state index >= 15 is 0 Å². The smallest absolute Gasteiger partial charge is 0.242 e. The fourth-order valence-electron chi connectivity index (χ4n) is 2.55. The van der Waals surface area contributed by atoms with Gasteiger partial charge in [-0.2, -0.15) is 5.26 Å². The Labute approximate surface area is 133 Å². The van der Waals surface area contributed by atoms with Crippen LogP contribution >= 0.6 is 0 Å². The summed E-state index contributed by atoms with van der Waals surface area (Å²) < 4.78 is 13.0. The molecule has 2 aromatic carbocycles. The Hall–Kier alpha value is -2.75. The third kappa shape index (κ3) is 3.37. The summed E-state index contributed by atoms with van der Waals surface area (Å²) in [5, 5.41) is 11.8. The highest BCUT2D eigenvalue weighted by Gasteiger charge is 2.30. The summed E-state index contributed by atoms with van der Waals surface area (Å²) in [7, 11) is 0. The summed E-state index contributed by atoms with van der Waals surface area (Å²) in [6.07, 6.45) is 0.534. The van der Waals surface area contributed by atoms with Crippen LogP contribution in [0.5, 0.6) is 0 Å². The maximum absolute atomic E-state index is 13.0. The van der Waals surface area contributed by atoms with E-state index < -0.39 is 6.04 Å². The lowest BCUT2D eigenvalue weighted by Crippen LogP contribution is -2.39. The average Bonchev–Trinajstić information content (AvgIpc) is 3.06. The first-order valence-corrected chi connectivity index (χ1v) is 7.24. The van der Waals surface area contributed by atoms with Gasteiger partial charge in [-0.1, -0.05) is 24.3 Å². The van der Waals surface area contributed by atoms with E-state index in [1.807, 2.05) is 6.07 Å². The number of nitrogens with one attached hydrogen (secondary N) is 3. The van der Waals surface area contributed by atoms with Crippen molar-refractivity contribution in [2.45, 2.75) is 18.5 Å². The van der Waals surface area contributed by atoms with E-state index in [9.17, 15) is 9.18 Å². The zero-order valence-electron chi connectivity index (χ0n) is 12.2. The number of halogens is 1. The molecule has 0 spiro atoms. The minimum absolute atomic E-state index is 0.0717. The quantitative estimate of drug-likeness (QED) is 0.812. The molecule has 2 aromatic rings. The van der Waals surface area contributed by atoms with E-state index in [1.54, 1.807) is 36.4 Å². The summed E-state index contributed by atoms with van der Waals surface area (Å²) in [6.45, 7) is 0. The summed E-state index contributed by atoms with van der Waals surface area (Å²) in [5.41, 5.74) is 7.80. The molecule has 23 heavy (non-hydrogen) atoms. The minimum Gasteiger partial charge on any atom is -0.323 e. The SMILES string of the molecule is N#Cc1ccccc1NC(=O)C1CC(c2ccc(F)cc2)NN1. The van der Waals surface area contributed by atoms with Crippen molar-refractivity contribution in [1.82, 2.24) is 10.9 Å². The molecular weight excluding hydrogens is 295 g/mol. The molecule has 0 aromatic heterocycles. The summed E-state index contributed by atoms with van der Waals surface area (Å²) in [4.78, 5) is 12.3. The molecule has 2 unspecified atom stereocenters. The van der Waals surface area contributed by atoms with Gasteiger partial charge in [0.1, 0.15) is 17.9 Å². The third-order valence-electron chi connectivity index (χ3n) is 3.80. The maximum atomic E-state index is 13.0. The van der Waals surface area contributed by atoms with Crippen LogP contribution in [0, 0.1) is 17.1 Å². The van der Waals surface area contributed by atoms with Gasteiger partial charge in [-0.15, -0.1) is 0 Å². The number of nitrogens with zero attached hydrogens (tertiary/aromatic N) is 1. The zero-order chi connectivity index (χ0) is 16.2. The largest absolute Gasteiger partial charge is 0.323 e. The highest BCUT2D eigenvalue weighted by atomic mass is 19.1. The second kappa shape index (κ2) is 6.57. The number of para-hydroxylation sites is 1. The second-order valence-electron chi connectivity index (χ2n) is 5.33.